The molecular formula is C17H19N3O3. The van der Waals surface area contributed by atoms with Crippen LogP contribution in [0.2, 0.25) is 0 Å². The summed E-state index contributed by atoms with van der Waals surface area (Å²) in [5, 5.41) is 7.00. The number of aromatic nitrogens is 2. The highest BCUT2D eigenvalue weighted by Gasteiger charge is 2.26. The fourth-order valence-corrected chi connectivity index (χ4v) is 3.34. The molecule has 2 aromatic rings. The van der Waals surface area contributed by atoms with Gasteiger partial charge in [0.1, 0.15) is 0 Å². The van der Waals surface area contributed by atoms with E-state index in [1.807, 2.05) is 23.1 Å². The van der Waals surface area contributed by atoms with Gasteiger partial charge >= 0.3 is 0 Å². The maximum atomic E-state index is 12.8. The van der Waals surface area contributed by atoms with Gasteiger partial charge in [-0.2, -0.15) is 5.10 Å². The second kappa shape index (κ2) is 5.95. The van der Waals surface area contributed by atoms with E-state index in [0.29, 0.717) is 23.0 Å². The minimum absolute atomic E-state index is 0.0672. The zero-order valence-corrected chi connectivity index (χ0v) is 12.8. The van der Waals surface area contributed by atoms with E-state index >= 15 is 0 Å². The number of ether oxygens (including phenoxy) is 2. The van der Waals surface area contributed by atoms with Crippen LogP contribution >= 0.6 is 0 Å². The fraction of sp³-hybridized carbons (Fsp3) is 0.412. The van der Waals surface area contributed by atoms with Crippen LogP contribution in [0.5, 0.6) is 11.5 Å². The van der Waals surface area contributed by atoms with Crippen molar-refractivity contribution in [1.82, 2.24) is 15.1 Å². The lowest BCUT2D eigenvalue weighted by Gasteiger charge is -2.32. The largest absolute Gasteiger partial charge is 0.454 e. The van der Waals surface area contributed by atoms with Crippen LogP contribution in [0.1, 0.15) is 28.9 Å². The highest BCUT2D eigenvalue weighted by atomic mass is 16.7. The number of nitrogens with one attached hydrogen (secondary N) is 1. The summed E-state index contributed by atoms with van der Waals surface area (Å²) in [6.07, 6.45) is 4.89. The summed E-state index contributed by atoms with van der Waals surface area (Å²) in [5.74, 6) is 1.90. The Kier molecular flexibility index (Phi) is 3.65. The Bertz CT molecular complexity index is 699. The average Bonchev–Trinajstić information content (AvgIpc) is 3.25. The zero-order chi connectivity index (χ0) is 15.6. The molecule has 120 valence electrons. The second-order valence-electron chi connectivity index (χ2n) is 6.11. The lowest BCUT2D eigenvalue weighted by molar-refractivity contribution is 0.0672. The summed E-state index contributed by atoms with van der Waals surface area (Å²) in [5.41, 5.74) is 1.80. The van der Waals surface area contributed by atoms with Gasteiger partial charge in [0, 0.05) is 30.5 Å². The number of aromatic amines is 1. The molecule has 1 aromatic carbocycles. The van der Waals surface area contributed by atoms with E-state index in [0.717, 1.165) is 38.0 Å². The standard InChI is InChI=1S/C17H19N3O3/c21-17(13-3-4-15-16(9-13)23-11-22-15)20-7-1-2-12(10-20)8-14-5-6-18-19-14/h3-6,9,12H,1-2,7-8,10-11H2,(H,18,19). The molecule has 2 aliphatic rings. The molecule has 3 heterocycles. The van der Waals surface area contributed by atoms with Crippen molar-refractivity contribution in [2.75, 3.05) is 19.9 Å². The van der Waals surface area contributed by atoms with E-state index in [2.05, 4.69) is 10.2 Å². The lowest BCUT2D eigenvalue weighted by Crippen LogP contribution is -2.40. The monoisotopic (exact) mass is 313 g/mol. The summed E-state index contributed by atoms with van der Waals surface area (Å²) >= 11 is 0. The van der Waals surface area contributed by atoms with Crippen LogP contribution < -0.4 is 9.47 Å². The van der Waals surface area contributed by atoms with E-state index in [9.17, 15) is 4.79 Å². The van der Waals surface area contributed by atoms with E-state index in [1.165, 1.54) is 0 Å². The van der Waals surface area contributed by atoms with Gasteiger partial charge < -0.3 is 14.4 Å². The molecular weight excluding hydrogens is 294 g/mol. The molecule has 1 aromatic heterocycles. The van der Waals surface area contributed by atoms with E-state index < -0.39 is 0 Å². The van der Waals surface area contributed by atoms with E-state index in [4.69, 9.17) is 9.47 Å². The molecule has 0 radical (unpaired) electrons. The van der Waals surface area contributed by atoms with Gasteiger partial charge in [-0.25, -0.2) is 0 Å². The number of carbonyl (C=O) groups is 1. The quantitative estimate of drug-likeness (QED) is 0.943. The van der Waals surface area contributed by atoms with Crippen molar-refractivity contribution in [3.05, 3.63) is 41.7 Å². The maximum Gasteiger partial charge on any atom is 0.254 e. The molecule has 23 heavy (non-hydrogen) atoms. The third-order valence-electron chi connectivity index (χ3n) is 4.49. The first kappa shape index (κ1) is 14.1. The molecule has 0 saturated carbocycles. The number of hydrogen-bond donors (Lipinski definition) is 1. The SMILES string of the molecule is O=C(c1ccc2c(c1)OCO2)N1CCCC(Cc2ccn[nH]2)C1. The lowest BCUT2D eigenvalue weighted by atomic mass is 9.93. The number of fused-ring (bicyclic) bond motifs is 1. The Hall–Kier alpha value is -2.50. The van der Waals surface area contributed by atoms with Crippen LogP contribution in [0.3, 0.4) is 0 Å². The Labute approximate surface area is 134 Å². The Morgan fingerprint density at radius 1 is 1.30 bits per heavy atom. The molecule has 1 saturated heterocycles. The topological polar surface area (TPSA) is 67.5 Å². The number of amides is 1. The number of benzene rings is 1. The van der Waals surface area contributed by atoms with Gasteiger partial charge in [-0.05, 0) is 49.4 Å². The molecule has 1 atom stereocenters. The summed E-state index contributed by atoms with van der Waals surface area (Å²) in [4.78, 5) is 14.7. The van der Waals surface area contributed by atoms with Crippen molar-refractivity contribution < 1.29 is 14.3 Å². The highest BCUT2D eigenvalue weighted by molar-refractivity contribution is 5.95. The minimum Gasteiger partial charge on any atom is -0.454 e. The molecule has 0 aliphatic carbocycles. The van der Waals surface area contributed by atoms with Crippen LogP contribution in [0.4, 0.5) is 0 Å². The van der Waals surface area contributed by atoms with Gasteiger partial charge in [-0.3, -0.25) is 9.89 Å². The van der Waals surface area contributed by atoms with Crippen molar-refractivity contribution in [3.8, 4) is 11.5 Å². The molecule has 1 unspecified atom stereocenters. The Morgan fingerprint density at radius 3 is 3.09 bits per heavy atom. The first-order chi connectivity index (χ1) is 11.3. The normalized spacial score (nSPS) is 19.8. The fourth-order valence-electron chi connectivity index (χ4n) is 3.34. The van der Waals surface area contributed by atoms with Gasteiger partial charge in [0.05, 0.1) is 0 Å². The van der Waals surface area contributed by atoms with E-state index in [1.54, 1.807) is 12.3 Å². The molecule has 4 rings (SSSR count). The summed E-state index contributed by atoms with van der Waals surface area (Å²) in [7, 11) is 0. The van der Waals surface area contributed by atoms with Crippen LogP contribution in [-0.2, 0) is 6.42 Å². The van der Waals surface area contributed by atoms with Crippen LogP contribution in [0.25, 0.3) is 0 Å². The minimum atomic E-state index is 0.0672. The van der Waals surface area contributed by atoms with Gasteiger partial charge in [-0.15, -0.1) is 0 Å². The smallest absolute Gasteiger partial charge is 0.254 e. The van der Waals surface area contributed by atoms with Crippen molar-refractivity contribution >= 4 is 5.91 Å². The van der Waals surface area contributed by atoms with Gasteiger partial charge in [0.2, 0.25) is 6.79 Å². The molecule has 6 nitrogen and oxygen atoms in total. The second-order valence-corrected chi connectivity index (χ2v) is 6.11. The number of piperidine rings is 1. The molecule has 1 fully saturated rings. The summed E-state index contributed by atoms with van der Waals surface area (Å²) in [6.45, 7) is 1.82. The highest BCUT2D eigenvalue weighted by Crippen LogP contribution is 2.33. The number of hydrogen-bond acceptors (Lipinski definition) is 4. The van der Waals surface area contributed by atoms with Crippen molar-refractivity contribution in [2.24, 2.45) is 5.92 Å². The van der Waals surface area contributed by atoms with Crippen molar-refractivity contribution in [3.63, 3.8) is 0 Å². The first-order valence-electron chi connectivity index (χ1n) is 7.97. The molecule has 1 amide bonds. The molecule has 0 bridgehead atoms. The van der Waals surface area contributed by atoms with Crippen LogP contribution in [0, 0.1) is 5.92 Å². The summed E-state index contributed by atoms with van der Waals surface area (Å²) < 4.78 is 10.7. The number of carbonyl (C=O) groups excluding carboxylic acids is 1. The maximum absolute atomic E-state index is 12.8. The summed E-state index contributed by atoms with van der Waals surface area (Å²) in [6, 6.07) is 7.40. The number of rotatable bonds is 3. The number of H-pyrrole nitrogens is 1. The third-order valence-corrected chi connectivity index (χ3v) is 4.49. The van der Waals surface area contributed by atoms with Crippen LogP contribution in [-0.4, -0.2) is 40.9 Å². The number of likely N-dealkylation sites (tertiary alicyclic amines) is 1. The predicted molar refractivity (Wildman–Crippen MR) is 83.5 cm³/mol. The molecule has 6 heteroatoms. The Balaban J connectivity index is 1.45. The first-order valence-corrected chi connectivity index (χ1v) is 7.97. The van der Waals surface area contributed by atoms with Crippen LogP contribution in [0.15, 0.2) is 30.5 Å². The predicted octanol–water partition coefficient (Wildman–Crippen LogP) is 2.23. The Morgan fingerprint density at radius 2 is 2.22 bits per heavy atom. The van der Waals surface area contributed by atoms with Gasteiger partial charge in [0.25, 0.3) is 5.91 Å². The van der Waals surface area contributed by atoms with Gasteiger partial charge in [0.15, 0.2) is 11.5 Å². The molecule has 2 aliphatic heterocycles. The number of nitrogens with zero attached hydrogens (tertiary/aromatic N) is 2. The molecule has 1 N–H and O–H groups in total. The third kappa shape index (κ3) is 2.88. The molecule has 0 spiro atoms. The zero-order valence-electron chi connectivity index (χ0n) is 12.8. The van der Waals surface area contributed by atoms with Crippen molar-refractivity contribution in [2.45, 2.75) is 19.3 Å². The average molecular weight is 313 g/mol. The van der Waals surface area contributed by atoms with E-state index in [-0.39, 0.29) is 12.7 Å². The van der Waals surface area contributed by atoms with Crippen molar-refractivity contribution in [1.29, 1.82) is 0 Å². The van der Waals surface area contributed by atoms with Gasteiger partial charge in [-0.1, -0.05) is 0 Å².